The van der Waals surface area contributed by atoms with Gasteiger partial charge in [-0.15, -0.1) is 11.3 Å². The molecule has 150 valence electrons. The van der Waals surface area contributed by atoms with Crippen molar-refractivity contribution in [2.75, 3.05) is 11.9 Å². The Balaban J connectivity index is 1.50. The van der Waals surface area contributed by atoms with Crippen LogP contribution < -0.4 is 10.6 Å². The molecule has 0 fully saturated rings. The number of aromatic nitrogens is 1. The van der Waals surface area contributed by atoms with Gasteiger partial charge in [0.05, 0.1) is 11.3 Å². The summed E-state index contributed by atoms with van der Waals surface area (Å²) in [4.78, 5) is 28.7. The average molecular weight is 476 g/mol. The molecule has 0 atom stereocenters. The Labute approximate surface area is 180 Å². The second-order valence-corrected chi connectivity index (χ2v) is 7.98. The Morgan fingerprint density at radius 2 is 1.93 bits per heavy atom. The number of benzene rings is 2. The first-order chi connectivity index (χ1) is 14.0. The molecule has 2 aromatic carbocycles. The van der Waals surface area contributed by atoms with E-state index in [0.717, 1.165) is 23.7 Å². The summed E-state index contributed by atoms with van der Waals surface area (Å²) in [7, 11) is 0. The van der Waals surface area contributed by atoms with Crippen LogP contribution in [0, 0.1) is 5.82 Å². The van der Waals surface area contributed by atoms with E-state index in [2.05, 4.69) is 50.6 Å². The molecule has 29 heavy (non-hydrogen) atoms. The predicted octanol–water partition coefficient (Wildman–Crippen LogP) is 5.03. The van der Waals surface area contributed by atoms with Crippen LogP contribution in [0.25, 0.3) is 11.3 Å². The molecule has 0 saturated carbocycles. The lowest BCUT2D eigenvalue weighted by Crippen LogP contribution is -2.28. The van der Waals surface area contributed by atoms with Crippen molar-refractivity contribution in [3.63, 3.8) is 0 Å². The number of rotatable bonds is 7. The predicted molar refractivity (Wildman–Crippen MR) is 117 cm³/mol. The normalized spacial score (nSPS) is 10.6. The first-order valence-electron chi connectivity index (χ1n) is 9.04. The molecule has 0 unspecified atom stereocenters. The number of hydrogen-bond acceptors (Lipinski definition) is 4. The number of nitrogens with zero attached hydrogens (tertiary/aromatic N) is 1. The molecule has 2 N–H and O–H groups in total. The largest absolute Gasteiger partial charge is 0.351 e. The monoisotopic (exact) mass is 475 g/mol. The molecule has 1 heterocycles. The Hall–Kier alpha value is -2.58. The summed E-state index contributed by atoms with van der Waals surface area (Å²) < 4.78 is 13.8. The van der Waals surface area contributed by atoms with Gasteiger partial charge in [0, 0.05) is 28.4 Å². The number of nitrogens with one attached hydrogen (secondary N) is 2. The summed E-state index contributed by atoms with van der Waals surface area (Å²) in [5.74, 6) is -1.21. The molecule has 8 heteroatoms. The van der Waals surface area contributed by atoms with Gasteiger partial charge in [0.1, 0.15) is 5.82 Å². The fraction of sp³-hybridized carbons (Fsp3) is 0.190. The SMILES string of the molecule is CCc1ccc(-c2csc(NC(=O)CCNC(=O)c3cc(F)ccc3Br)n2)cc1. The quantitative estimate of drug-likeness (QED) is 0.503. The molecular formula is C21H19BrFN3O2S. The van der Waals surface area contributed by atoms with Gasteiger partial charge in [-0.1, -0.05) is 31.2 Å². The van der Waals surface area contributed by atoms with Crippen LogP contribution in [0.2, 0.25) is 0 Å². The number of halogens is 2. The van der Waals surface area contributed by atoms with Crippen LogP contribution in [-0.4, -0.2) is 23.3 Å². The first kappa shape index (κ1) is 21.1. The van der Waals surface area contributed by atoms with E-state index >= 15 is 0 Å². The molecule has 0 spiro atoms. The van der Waals surface area contributed by atoms with Gasteiger partial charge >= 0.3 is 0 Å². The van der Waals surface area contributed by atoms with Crippen molar-refractivity contribution < 1.29 is 14.0 Å². The van der Waals surface area contributed by atoms with Crippen molar-refractivity contribution in [3.8, 4) is 11.3 Å². The molecule has 3 rings (SSSR count). The van der Waals surface area contributed by atoms with E-state index < -0.39 is 11.7 Å². The number of aryl methyl sites for hydroxylation is 1. The highest BCUT2D eigenvalue weighted by molar-refractivity contribution is 9.10. The summed E-state index contributed by atoms with van der Waals surface area (Å²) in [6, 6.07) is 12.0. The van der Waals surface area contributed by atoms with Gasteiger partial charge in [-0.3, -0.25) is 9.59 Å². The fourth-order valence-corrected chi connectivity index (χ4v) is 3.78. The third-order valence-electron chi connectivity index (χ3n) is 4.22. The molecule has 5 nitrogen and oxygen atoms in total. The van der Waals surface area contributed by atoms with Crippen molar-refractivity contribution in [3.05, 3.63) is 69.3 Å². The highest BCUT2D eigenvalue weighted by atomic mass is 79.9. The van der Waals surface area contributed by atoms with E-state index in [1.165, 1.54) is 29.0 Å². The van der Waals surface area contributed by atoms with Crippen LogP contribution in [0.1, 0.15) is 29.3 Å². The van der Waals surface area contributed by atoms with E-state index in [1.54, 1.807) is 0 Å². The van der Waals surface area contributed by atoms with Crippen LogP contribution in [0.4, 0.5) is 9.52 Å². The Kier molecular flexibility index (Phi) is 7.11. The van der Waals surface area contributed by atoms with Crippen molar-refractivity contribution in [2.24, 2.45) is 0 Å². The summed E-state index contributed by atoms with van der Waals surface area (Å²) >= 11 is 4.56. The van der Waals surface area contributed by atoms with Crippen LogP contribution in [0.3, 0.4) is 0 Å². The van der Waals surface area contributed by atoms with E-state index in [0.29, 0.717) is 9.60 Å². The van der Waals surface area contributed by atoms with Gasteiger partial charge in [0.2, 0.25) is 5.91 Å². The Morgan fingerprint density at radius 1 is 1.17 bits per heavy atom. The van der Waals surface area contributed by atoms with Crippen LogP contribution in [0.5, 0.6) is 0 Å². The third-order valence-corrected chi connectivity index (χ3v) is 5.67. The Morgan fingerprint density at radius 3 is 2.66 bits per heavy atom. The number of carbonyl (C=O) groups excluding carboxylic acids is 2. The lowest BCUT2D eigenvalue weighted by atomic mass is 10.1. The van der Waals surface area contributed by atoms with Gasteiger partial charge in [-0.05, 0) is 46.1 Å². The third kappa shape index (κ3) is 5.71. The van der Waals surface area contributed by atoms with E-state index in [9.17, 15) is 14.0 Å². The lowest BCUT2D eigenvalue weighted by Gasteiger charge is -2.07. The Bertz CT molecular complexity index is 1020. The fourth-order valence-electron chi connectivity index (χ4n) is 2.61. The number of amides is 2. The van der Waals surface area contributed by atoms with Gasteiger partial charge in [0.15, 0.2) is 5.13 Å². The molecule has 0 saturated heterocycles. The molecule has 0 aliphatic carbocycles. The first-order valence-corrected chi connectivity index (χ1v) is 10.7. The summed E-state index contributed by atoms with van der Waals surface area (Å²) in [6.07, 6.45) is 1.06. The lowest BCUT2D eigenvalue weighted by molar-refractivity contribution is -0.116. The molecule has 0 aliphatic rings. The van der Waals surface area contributed by atoms with Crippen LogP contribution in [0.15, 0.2) is 52.3 Å². The van der Waals surface area contributed by atoms with Crippen molar-refractivity contribution in [1.82, 2.24) is 10.3 Å². The maximum Gasteiger partial charge on any atom is 0.252 e. The van der Waals surface area contributed by atoms with Crippen molar-refractivity contribution >= 4 is 44.2 Å². The topological polar surface area (TPSA) is 71.1 Å². The minimum Gasteiger partial charge on any atom is -0.351 e. The second-order valence-electron chi connectivity index (χ2n) is 6.27. The van der Waals surface area contributed by atoms with Crippen LogP contribution in [-0.2, 0) is 11.2 Å². The number of thiazole rings is 1. The summed E-state index contributed by atoms with van der Waals surface area (Å²) in [5, 5.41) is 7.74. The smallest absolute Gasteiger partial charge is 0.252 e. The zero-order chi connectivity index (χ0) is 20.8. The van der Waals surface area contributed by atoms with Crippen molar-refractivity contribution in [2.45, 2.75) is 19.8 Å². The van der Waals surface area contributed by atoms with Gasteiger partial charge in [0.25, 0.3) is 5.91 Å². The maximum atomic E-state index is 13.3. The number of carbonyl (C=O) groups is 2. The summed E-state index contributed by atoms with van der Waals surface area (Å²) in [5.41, 5.74) is 3.23. The van der Waals surface area contributed by atoms with E-state index in [4.69, 9.17) is 0 Å². The average Bonchev–Trinajstić information content (AvgIpc) is 3.18. The highest BCUT2D eigenvalue weighted by Crippen LogP contribution is 2.25. The molecule has 2 amide bonds. The van der Waals surface area contributed by atoms with Gasteiger partial charge in [-0.2, -0.15) is 0 Å². The number of anilines is 1. The molecule has 0 bridgehead atoms. The summed E-state index contributed by atoms with van der Waals surface area (Å²) in [6.45, 7) is 2.23. The highest BCUT2D eigenvalue weighted by Gasteiger charge is 2.12. The second kappa shape index (κ2) is 9.76. The van der Waals surface area contributed by atoms with Crippen LogP contribution >= 0.6 is 27.3 Å². The zero-order valence-corrected chi connectivity index (χ0v) is 18.1. The zero-order valence-electron chi connectivity index (χ0n) is 15.7. The van der Waals surface area contributed by atoms with E-state index in [1.807, 2.05) is 17.5 Å². The molecular weight excluding hydrogens is 457 g/mol. The minimum absolute atomic E-state index is 0.0821. The molecule has 0 radical (unpaired) electrons. The molecule has 3 aromatic rings. The number of hydrogen-bond donors (Lipinski definition) is 2. The molecule has 1 aromatic heterocycles. The standard InChI is InChI=1S/C21H19BrFN3O2S/c1-2-13-3-5-14(6-4-13)18-12-29-21(25-18)26-19(27)9-10-24-20(28)16-11-15(23)7-8-17(16)22/h3-8,11-12H,2,9-10H2,1H3,(H,24,28)(H,25,26,27). The van der Waals surface area contributed by atoms with E-state index in [-0.39, 0.29) is 24.4 Å². The van der Waals surface area contributed by atoms with Gasteiger partial charge < -0.3 is 10.6 Å². The molecule has 0 aliphatic heterocycles. The van der Waals surface area contributed by atoms with Crippen molar-refractivity contribution in [1.29, 1.82) is 0 Å². The van der Waals surface area contributed by atoms with Gasteiger partial charge in [-0.25, -0.2) is 9.37 Å². The maximum absolute atomic E-state index is 13.3. The minimum atomic E-state index is -0.500.